The van der Waals surface area contributed by atoms with Gasteiger partial charge in [-0.15, -0.1) is 0 Å². The Labute approximate surface area is 112 Å². The highest BCUT2D eigenvalue weighted by Gasteiger charge is 2.32. The van der Waals surface area contributed by atoms with Gasteiger partial charge in [0.2, 0.25) is 0 Å². The lowest BCUT2D eigenvalue weighted by Gasteiger charge is -2.39. The predicted molar refractivity (Wildman–Crippen MR) is 75.8 cm³/mol. The van der Waals surface area contributed by atoms with E-state index in [-0.39, 0.29) is 5.41 Å². The van der Waals surface area contributed by atoms with Crippen molar-refractivity contribution in [3.8, 4) is 0 Å². The summed E-state index contributed by atoms with van der Waals surface area (Å²) in [6.07, 6.45) is 9.17. The van der Waals surface area contributed by atoms with E-state index < -0.39 is 0 Å². The van der Waals surface area contributed by atoms with Crippen LogP contribution in [0.25, 0.3) is 0 Å². The van der Waals surface area contributed by atoms with E-state index in [0.717, 1.165) is 13.1 Å². The third kappa shape index (κ3) is 3.94. The second kappa shape index (κ2) is 6.88. The number of likely N-dealkylation sites (N-methyl/N-ethyl adjacent to an activating group) is 1. The fraction of sp³-hybridized carbons (Fsp3) is 1.00. The summed E-state index contributed by atoms with van der Waals surface area (Å²) in [6.45, 7) is 6.40. The van der Waals surface area contributed by atoms with Gasteiger partial charge < -0.3 is 14.9 Å². The molecule has 2 rings (SSSR count). The molecule has 2 fully saturated rings. The van der Waals surface area contributed by atoms with Gasteiger partial charge in [-0.25, -0.2) is 0 Å². The molecule has 0 bridgehead atoms. The third-order valence-corrected chi connectivity index (χ3v) is 4.85. The van der Waals surface area contributed by atoms with Gasteiger partial charge in [-0.1, -0.05) is 19.3 Å². The van der Waals surface area contributed by atoms with Crippen LogP contribution in [0.3, 0.4) is 0 Å². The molecule has 1 aliphatic heterocycles. The van der Waals surface area contributed by atoms with Crippen LogP contribution in [0.2, 0.25) is 0 Å². The molecule has 0 amide bonds. The summed E-state index contributed by atoms with van der Waals surface area (Å²) >= 11 is 0. The quantitative estimate of drug-likeness (QED) is 0.785. The molecule has 1 heterocycles. The number of hydrogen-bond acceptors (Lipinski definition) is 3. The van der Waals surface area contributed by atoms with Gasteiger partial charge >= 0.3 is 0 Å². The van der Waals surface area contributed by atoms with Crippen LogP contribution in [-0.2, 0) is 0 Å². The predicted octanol–water partition coefficient (Wildman–Crippen LogP) is 1.96. The average molecular weight is 254 g/mol. The summed E-state index contributed by atoms with van der Waals surface area (Å²) in [5.74, 6) is 0. The molecule has 1 aliphatic carbocycles. The SMILES string of the molecule is CN(CCN1CCCC1)CC1(CO)CCCCC1. The molecule has 18 heavy (non-hydrogen) atoms. The largest absolute Gasteiger partial charge is 0.396 e. The zero-order valence-corrected chi connectivity index (χ0v) is 12.0. The van der Waals surface area contributed by atoms with Crippen molar-refractivity contribution in [2.24, 2.45) is 5.41 Å². The fourth-order valence-corrected chi connectivity index (χ4v) is 3.64. The van der Waals surface area contributed by atoms with Gasteiger partial charge in [-0.05, 0) is 45.8 Å². The first kappa shape index (κ1) is 14.3. The van der Waals surface area contributed by atoms with Gasteiger partial charge in [0.1, 0.15) is 0 Å². The first-order chi connectivity index (χ1) is 8.74. The molecule has 3 heteroatoms. The summed E-state index contributed by atoms with van der Waals surface area (Å²) < 4.78 is 0. The summed E-state index contributed by atoms with van der Waals surface area (Å²) in [7, 11) is 2.22. The molecule has 0 atom stereocenters. The smallest absolute Gasteiger partial charge is 0.0499 e. The lowest BCUT2D eigenvalue weighted by atomic mass is 9.74. The van der Waals surface area contributed by atoms with E-state index in [2.05, 4.69) is 16.8 Å². The van der Waals surface area contributed by atoms with Crippen LogP contribution in [0, 0.1) is 5.41 Å². The molecular weight excluding hydrogens is 224 g/mol. The summed E-state index contributed by atoms with van der Waals surface area (Å²) in [6, 6.07) is 0. The maximum Gasteiger partial charge on any atom is 0.0499 e. The minimum atomic E-state index is 0.206. The van der Waals surface area contributed by atoms with Gasteiger partial charge in [-0.2, -0.15) is 0 Å². The van der Waals surface area contributed by atoms with E-state index in [1.807, 2.05) is 0 Å². The Morgan fingerprint density at radius 1 is 1.06 bits per heavy atom. The molecule has 106 valence electrons. The number of aliphatic hydroxyl groups is 1. The summed E-state index contributed by atoms with van der Waals surface area (Å²) in [5, 5.41) is 9.73. The molecule has 2 aliphatic rings. The van der Waals surface area contributed by atoms with Crippen molar-refractivity contribution in [1.29, 1.82) is 0 Å². The zero-order chi connectivity index (χ0) is 12.8. The third-order valence-electron chi connectivity index (χ3n) is 4.85. The second-order valence-electron chi connectivity index (χ2n) is 6.51. The van der Waals surface area contributed by atoms with Crippen LogP contribution in [0.1, 0.15) is 44.9 Å². The van der Waals surface area contributed by atoms with Crippen molar-refractivity contribution < 1.29 is 5.11 Å². The Kier molecular flexibility index (Phi) is 5.46. The van der Waals surface area contributed by atoms with Crippen molar-refractivity contribution in [2.45, 2.75) is 44.9 Å². The Morgan fingerprint density at radius 2 is 1.72 bits per heavy atom. The normalized spacial score (nSPS) is 24.8. The van der Waals surface area contributed by atoms with Crippen molar-refractivity contribution >= 4 is 0 Å². The molecule has 0 radical (unpaired) electrons. The van der Waals surface area contributed by atoms with E-state index in [9.17, 15) is 5.11 Å². The van der Waals surface area contributed by atoms with Crippen LogP contribution in [0.15, 0.2) is 0 Å². The van der Waals surface area contributed by atoms with Crippen LogP contribution in [-0.4, -0.2) is 61.3 Å². The maximum atomic E-state index is 9.73. The maximum absolute atomic E-state index is 9.73. The highest BCUT2D eigenvalue weighted by molar-refractivity contribution is 4.85. The number of rotatable bonds is 6. The summed E-state index contributed by atoms with van der Waals surface area (Å²) in [5.41, 5.74) is 0.206. The van der Waals surface area contributed by atoms with Gasteiger partial charge in [0.25, 0.3) is 0 Å². The number of likely N-dealkylation sites (tertiary alicyclic amines) is 1. The minimum absolute atomic E-state index is 0.206. The Morgan fingerprint density at radius 3 is 2.33 bits per heavy atom. The zero-order valence-electron chi connectivity index (χ0n) is 12.0. The molecular formula is C15H30N2O. The highest BCUT2D eigenvalue weighted by Crippen LogP contribution is 2.36. The van der Waals surface area contributed by atoms with E-state index >= 15 is 0 Å². The van der Waals surface area contributed by atoms with E-state index in [4.69, 9.17) is 0 Å². The van der Waals surface area contributed by atoms with Crippen molar-refractivity contribution in [3.63, 3.8) is 0 Å². The number of nitrogens with zero attached hydrogens (tertiary/aromatic N) is 2. The standard InChI is InChI=1S/C15H30N2O/c1-16(11-12-17-9-5-6-10-17)13-15(14-18)7-3-2-4-8-15/h18H,2-14H2,1H3. The van der Waals surface area contributed by atoms with Gasteiger partial charge in [0.15, 0.2) is 0 Å². The fourth-order valence-electron chi connectivity index (χ4n) is 3.64. The molecule has 1 saturated heterocycles. The van der Waals surface area contributed by atoms with E-state index in [1.54, 1.807) is 0 Å². The topological polar surface area (TPSA) is 26.7 Å². The second-order valence-corrected chi connectivity index (χ2v) is 6.51. The molecule has 0 unspecified atom stereocenters. The molecule has 0 spiro atoms. The molecule has 3 nitrogen and oxygen atoms in total. The summed E-state index contributed by atoms with van der Waals surface area (Å²) in [4.78, 5) is 5.02. The van der Waals surface area contributed by atoms with Crippen LogP contribution < -0.4 is 0 Å². The van der Waals surface area contributed by atoms with E-state index in [0.29, 0.717) is 6.61 Å². The minimum Gasteiger partial charge on any atom is -0.396 e. The Bertz CT molecular complexity index is 233. The van der Waals surface area contributed by atoms with Crippen LogP contribution >= 0.6 is 0 Å². The lowest BCUT2D eigenvalue weighted by Crippen LogP contribution is -2.42. The Balaban J connectivity index is 1.72. The number of aliphatic hydroxyl groups excluding tert-OH is 1. The Hall–Kier alpha value is -0.120. The molecule has 1 saturated carbocycles. The lowest BCUT2D eigenvalue weighted by molar-refractivity contribution is 0.0463. The van der Waals surface area contributed by atoms with Gasteiger partial charge in [0, 0.05) is 31.7 Å². The van der Waals surface area contributed by atoms with Crippen LogP contribution in [0.5, 0.6) is 0 Å². The number of hydrogen-bond donors (Lipinski definition) is 1. The first-order valence-corrected chi connectivity index (χ1v) is 7.76. The van der Waals surface area contributed by atoms with Gasteiger partial charge in [-0.3, -0.25) is 0 Å². The molecule has 0 aromatic carbocycles. The van der Waals surface area contributed by atoms with Crippen LogP contribution in [0.4, 0.5) is 0 Å². The molecule has 1 N–H and O–H groups in total. The molecule has 0 aromatic heterocycles. The van der Waals surface area contributed by atoms with Crippen molar-refractivity contribution in [1.82, 2.24) is 9.80 Å². The highest BCUT2D eigenvalue weighted by atomic mass is 16.3. The van der Waals surface area contributed by atoms with Crippen molar-refractivity contribution in [3.05, 3.63) is 0 Å². The van der Waals surface area contributed by atoms with E-state index in [1.165, 1.54) is 64.6 Å². The van der Waals surface area contributed by atoms with Gasteiger partial charge in [0.05, 0.1) is 0 Å². The van der Waals surface area contributed by atoms with Crippen molar-refractivity contribution in [2.75, 3.05) is 46.4 Å². The monoisotopic (exact) mass is 254 g/mol. The average Bonchev–Trinajstić information content (AvgIpc) is 2.91. The molecule has 0 aromatic rings. The first-order valence-electron chi connectivity index (χ1n) is 7.76.